The maximum atomic E-state index is 11.4. The number of carbonyl (C=O) groups excluding carboxylic acids is 2. The lowest BCUT2D eigenvalue weighted by atomic mass is 10.1. The van der Waals surface area contributed by atoms with Crippen molar-refractivity contribution in [2.75, 3.05) is 26.7 Å². The zero-order valence-corrected chi connectivity index (χ0v) is 10.9. The van der Waals surface area contributed by atoms with E-state index in [4.69, 9.17) is 0 Å². The summed E-state index contributed by atoms with van der Waals surface area (Å²) in [7, 11) is 1.71. The fraction of sp³-hybridized carbons (Fsp3) is 0.818. The molecule has 0 fully saturated rings. The van der Waals surface area contributed by atoms with Gasteiger partial charge in [-0.3, -0.25) is 9.59 Å². The SMILES string of the molecule is CCN(C)C(=O)CNC(=O)CNC(C)(C)C. The van der Waals surface area contributed by atoms with E-state index < -0.39 is 0 Å². The summed E-state index contributed by atoms with van der Waals surface area (Å²) < 4.78 is 0. The van der Waals surface area contributed by atoms with Gasteiger partial charge in [0, 0.05) is 19.1 Å². The highest BCUT2D eigenvalue weighted by molar-refractivity contribution is 5.85. The zero-order chi connectivity index (χ0) is 12.8. The number of hydrogen-bond donors (Lipinski definition) is 2. The molecule has 0 aliphatic heterocycles. The molecule has 2 N–H and O–H groups in total. The lowest BCUT2D eigenvalue weighted by molar-refractivity contribution is -0.131. The first-order chi connectivity index (χ1) is 7.26. The van der Waals surface area contributed by atoms with E-state index in [1.165, 1.54) is 0 Å². The molecule has 0 aliphatic carbocycles. The van der Waals surface area contributed by atoms with Gasteiger partial charge in [-0.1, -0.05) is 0 Å². The molecule has 0 atom stereocenters. The van der Waals surface area contributed by atoms with Crippen LogP contribution in [0.4, 0.5) is 0 Å². The molecule has 0 radical (unpaired) electrons. The summed E-state index contributed by atoms with van der Waals surface area (Å²) in [4.78, 5) is 24.3. The highest BCUT2D eigenvalue weighted by atomic mass is 16.2. The first kappa shape index (κ1) is 14.9. The lowest BCUT2D eigenvalue weighted by Gasteiger charge is -2.20. The summed E-state index contributed by atoms with van der Waals surface area (Å²) >= 11 is 0. The van der Waals surface area contributed by atoms with Gasteiger partial charge in [-0.2, -0.15) is 0 Å². The van der Waals surface area contributed by atoms with Crippen LogP contribution in [0.25, 0.3) is 0 Å². The predicted molar refractivity (Wildman–Crippen MR) is 64.1 cm³/mol. The highest BCUT2D eigenvalue weighted by Gasteiger charge is 2.12. The van der Waals surface area contributed by atoms with Crippen molar-refractivity contribution in [1.29, 1.82) is 0 Å². The molecule has 5 nitrogen and oxygen atoms in total. The Labute approximate surface area is 97.6 Å². The number of amides is 2. The van der Waals surface area contributed by atoms with Gasteiger partial charge in [0.1, 0.15) is 0 Å². The molecule has 0 spiro atoms. The Bertz CT molecular complexity index is 246. The molecule has 0 unspecified atom stereocenters. The average Bonchev–Trinajstić information content (AvgIpc) is 2.20. The van der Waals surface area contributed by atoms with Crippen molar-refractivity contribution in [2.45, 2.75) is 33.2 Å². The van der Waals surface area contributed by atoms with Crippen molar-refractivity contribution in [3.8, 4) is 0 Å². The van der Waals surface area contributed by atoms with Gasteiger partial charge >= 0.3 is 0 Å². The van der Waals surface area contributed by atoms with Crippen molar-refractivity contribution in [1.82, 2.24) is 15.5 Å². The van der Waals surface area contributed by atoms with Gasteiger partial charge in [-0.05, 0) is 27.7 Å². The third-order valence-corrected chi connectivity index (χ3v) is 2.12. The molecule has 0 bridgehead atoms. The first-order valence-corrected chi connectivity index (χ1v) is 5.52. The molecule has 5 heteroatoms. The summed E-state index contributed by atoms with van der Waals surface area (Å²) in [5, 5.41) is 5.63. The van der Waals surface area contributed by atoms with Crippen molar-refractivity contribution < 1.29 is 9.59 Å². The molecule has 0 saturated carbocycles. The Morgan fingerprint density at radius 3 is 2.19 bits per heavy atom. The summed E-state index contributed by atoms with van der Waals surface area (Å²) in [6, 6.07) is 0. The monoisotopic (exact) mass is 229 g/mol. The first-order valence-electron chi connectivity index (χ1n) is 5.52. The van der Waals surface area contributed by atoms with E-state index >= 15 is 0 Å². The van der Waals surface area contributed by atoms with Gasteiger partial charge in [-0.25, -0.2) is 0 Å². The maximum absolute atomic E-state index is 11.4. The quantitative estimate of drug-likeness (QED) is 0.696. The van der Waals surface area contributed by atoms with Crippen LogP contribution in [-0.2, 0) is 9.59 Å². The molecule has 0 aromatic rings. The molecule has 0 aromatic heterocycles. The van der Waals surface area contributed by atoms with Gasteiger partial charge in [-0.15, -0.1) is 0 Å². The zero-order valence-electron chi connectivity index (χ0n) is 10.9. The van der Waals surface area contributed by atoms with Crippen LogP contribution in [0, 0.1) is 0 Å². The number of carbonyl (C=O) groups is 2. The van der Waals surface area contributed by atoms with E-state index in [1.54, 1.807) is 11.9 Å². The van der Waals surface area contributed by atoms with Crippen molar-refractivity contribution in [2.24, 2.45) is 0 Å². The minimum Gasteiger partial charge on any atom is -0.346 e. The van der Waals surface area contributed by atoms with Crippen LogP contribution in [0.3, 0.4) is 0 Å². The molecule has 0 heterocycles. The molecule has 94 valence electrons. The van der Waals surface area contributed by atoms with Crippen LogP contribution < -0.4 is 10.6 Å². The average molecular weight is 229 g/mol. The third kappa shape index (κ3) is 7.23. The molecular formula is C11H23N3O2. The lowest BCUT2D eigenvalue weighted by Crippen LogP contribution is -2.45. The van der Waals surface area contributed by atoms with Gasteiger partial charge in [0.2, 0.25) is 11.8 Å². The second-order valence-corrected chi connectivity index (χ2v) is 4.79. The van der Waals surface area contributed by atoms with E-state index in [2.05, 4.69) is 10.6 Å². The summed E-state index contributed by atoms with van der Waals surface area (Å²) in [5.74, 6) is -0.237. The fourth-order valence-corrected chi connectivity index (χ4v) is 0.893. The van der Waals surface area contributed by atoms with E-state index in [9.17, 15) is 9.59 Å². The van der Waals surface area contributed by atoms with Crippen molar-refractivity contribution in [3.63, 3.8) is 0 Å². The highest BCUT2D eigenvalue weighted by Crippen LogP contribution is 1.96. The Morgan fingerprint density at radius 1 is 1.19 bits per heavy atom. The number of hydrogen-bond acceptors (Lipinski definition) is 3. The second kappa shape index (κ2) is 6.48. The van der Waals surface area contributed by atoms with Crippen LogP contribution in [0.2, 0.25) is 0 Å². The number of rotatable bonds is 5. The summed E-state index contributed by atoms with van der Waals surface area (Å²) in [5.41, 5.74) is -0.0957. The number of nitrogens with one attached hydrogen (secondary N) is 2. The Balaban J connectivity index is 3.78. The van der Waals surface area contributed by atoms with Crippen LogP contribution in [0.5, 0.6) is 0 Å². The summed E-state index contributed by atoms with van der Waals surface area (Å²) in [6.45, 7) is 8.78. The normalized spacial score (nSPS) is 11.1. The van der Waals surface area contributed by atoms with Crippen LogP contribution in [-0.4, -0.2) is 48.9 Å². The smallest absolute Gasteiger partial charge is 0.241 e. The molecule has 0 aromatic carbocycles. The van der Waals surface area contributed by atoms with Gasteiger partial charge in [0.05, 0.1) is 13.1 Å². The number of nitrogens with zero attached hydrogens (tertiary/aromatic N) is 1. The molecule has 16 heavy (non-hydrogen) atoms. The van der Waals surface area contributed by atoms with Crippen LogP contribution >= 0.6 is 0 Å². The molecular weight excluding hydrogens is 206 g/mol. The van der Waals surface area contributed by atoms with Gasteiger partial charge in [0.25, 0.3) is 0 Å². The standard InChI is InChI=1S/C11H23N3O2/c1-6-14(5)10(16)8-12-9(15)7-13-11(2,3)4/h13H,6-8H2,1-5H3,(H,12,15). The Hall–Kier alpha value is -1.10. The predicted octanol–water partition coefficient (Wildman–Crippen LogP) is -0.0310. The topological polar surface area (TPSA) is 61.4 Å². The molecule has 2 amide bonds. The van der Waals surface area contributed by atoms with E-state index in [0.29, 0.717) is 6.54 Å². The third-order valence-electron chi connectivity index (χ3n) is 2.12. The molecule has 0 aliphatic rings. The van der Waals surface area contributed by atoms with Gasteiger partial charge in [0.15, 0.2) is 0 Å². The Morgan fingerprint density at radius 2 is 1.75 bits per heavy atom. The maximum Gasteiger partial charge on any atom is 0.241 e. The largest absolute Gasteiger partial charge is 0.346 e. The number of likely N-dealkylation sites (N-methyl/N-ethyl adjacent to an activating group) is 1. The fourth-order valence-electron chi connectivity index (χ4n) is 0.893. The van der Waals surface area contributed by atoms with Crippen LogP contribution in [0.1, 0.15) is 27.7 Å². The minimum absolute atomic E-state index is 0.0645. The van der Waals surface area contributed by atoms with E-state index in [1.807, 2.05) is 27.7 Å². The van der Waals surface area contributed by atoms with Crippen molar-refractivity contribution in [3.05, 3.63) is 0 Å². The van der Waals surface area contributed by atoms with Crippen LogP contribution in [0.15, 0.2) is 0 Å². The second-order valence-electron chi connectivity index (χ2n) is 4.79. The van der Waals surface area contributed by atoms with Crippen molar-refractivity contribution >= 4 is 11.8 Å². The molecule has 0 saturated heterocycles. The Kier molecular flexibility index (Phi) is 6.03. The minimum atomic E-state index is -0.159. The van der Waals surface area contributed by atoms with E-state index in [0.717, 1.165) is 0 Å². The van der Waals surface area contributed by atoms with E-state index in [-0.39, 0.29) is 30.4 Å². The molecule has 0 rings (SSSR count). The van der Waals surface area contributed by atoms with Gasteiger partial charge < -0.3 is 15.5 Å². The summed E-state index contributed by atoms with van der Waals surface area (Å²) in [6.07, 6.45) is 0.